The molecule has 0 aliphatic carbocycles. The van der Waals surface area contributed by atoms with E-state index in [-0.39, 0.29) is 5.82 Å². The minimum absolute atomic E-state index is 0.386. The van der Waals surface area contributed by atoms with Crippen LogP contribution in [0.4, 0.5) is 14.5 Å². The second-order valence-corrected chi connectivity index (χ2v) is 5.09. The van der Waals surface area contributed by atoms with Crippen molar-refractivity contribution in [2.75, 3.05) is 5.32 Å². The monoisotopic (exact) mass is 290 g/mol. The molecule has 1 unspecified atom stereocenters. The summed E-state index contributed by atoms with van der Waals surface area (Å²) in [5.41, 5.74) is 5.57. The summed E-state index contributed by atoms with van der Waals surface area (Å²) >= 11 is 0. The van der Waals surface area contributed by atoms with Gasteiger partial charge in [-0.3, -0.25) is 4.79 Å². The van der Waals surface area contributed by atoms with Crippen LogP contribution < -0.4 is 11.1 Å². The molecule has 0 aromatic heterocycles. The van der Waals surface area contributed by atoms with Crippen LogP contribution in [-0.2, 0) is 10.3 Å². The van der Waals surface area contributed by atoms with Crippen LogP contribution in [0.25, 0.3) is 0 Å². The third-order valence-electron chi connectivity index (χ3n) is 3.48. The predicted octanol–water partition coefficient (Wildman–Crippen LogP) is 3.09. The molecular weight excluding hydrogens is 274 g/mol. The molecule has 110 valence electrons. The highest BCUT2D eigenvalue weighted by molar-refractivity contribution is 5.89. The van der Waals surface area contributed by atoms with E-state index in [0.29, 0.717) is 16.8 Å². The first-order valence-electron chi connectivity index (χ1n) is 6.43. The van der Waals surface area contributed by atoms with E-state index in [9.17, 15) is 13.6 Å². The van der Waals surface area contributed by atoms with E-state index in [0.717, 1.165) is 0 Å². The molecule has 0 aliphatic heterocycles. The number of hydrogen-bond donors (Lipinski definition) is 2. The van der Waals surface area contributed by atoms with Crippen LogP contribution in [-0.4, -0.2) is 5.91 Å². The second-order valence-electron chi connectivity index (χ2n) is 5.09. The molecule has 0 radical (unpaired) electrons. The van der Waals surface area contributed by atoms with Crippen LogP contribution in [0.15, 0.2) is 42.5 Å². The SMILES string of the molecule is Cc1ccc(C(C)(Nc2ccc(F)cc2)C(N)=O)cc1F. The molecule has 5 heteroatoms. The second kappa shape index (κ2) is 5.52. The van der Waals surface area contributed by atoms with Gasteiger partial charge in [-0.25, -0.2) is 8.78 Å². The Labute approximate surface area is 121 Å². The Morgan fingerprint density at radius 3 is 2.29 bits per heavy atom. The van der Waals surface area contributed by atoms with E-state index in [4.69, 9.17) is 5.73 Å². The number of anilines is 1. The fourth-order valence-electron chi connectivity index (χ4n) is 2.00. The summed E-state index contributed by atoms with van der Waals surface area (Å²) in [7, 11) is 0. The number of hydrogen-bond acceptors (Lipinski definition) is 2. The Hall–Kier alpha value is -2.43. The van der Waals surface area contributed by atoms with Gasteiger partial charge in [0.15, 0.2) is 0 Å². The van der Waals surface area contributed by atoms with Crippen LogP contribution in [0, 0.1) is 18.6 Å². The minimum Gasteiger partial charge on any atom is -0.368 e. The Morgan fingerprint density at radius 2 is 1.76 bits per heavy atom. The molecule has 0 spiro atoms. The number of rotatable bonds is 4. The molecule has 2 aromatic carbocycles. The largest absolute Gasteiger partial charge is 0.368 e. The van der Waals surface area contributed by atoms with Crippen molar-refractivity contribution in [3.05, 3.63) is 65.2 Å². The molecule has 3 nitrogen and oxygen atoms in total. The number of benzene rings is 2. The van der Waals surface area contributed by atoms with Crippen molar-refractivity contribution >= 4 is 11.6 Å². The van der Waals surface area contributed by atoms with Gasteiger partial charge in [0.05, 0.1) is 0 Å². The molecule has 2 aromatic rings. The van der Waals surface area contributed by atoms with E-state index < -0.39 is 17.3 Å². The number of nitrogens with one attached hydrogen (secondary N) is 1. The summed E-state index contributed by atoms with van der Waals surface area (Å²) in [6.07, 6.45) is 0. The first kappa shape index (κ1) is 15.0. The maximum Gasteiger partial charge on any atom is 0.247 e. The number of nitrogens with two attached hydrogens (primary N) is 1. The average Bonchev–Trinajstić information content (AvgIpc) is 2.44. The Morgan fingerprint density at radius 1 is 1.14 bits per heavy atom. The molecule has 0 fully saturated rings. The first-order chi connectivity index (χ1) is 9.83. The molecule has 2 rings (SSSR count). The Bertz CT molecular complexity index is 670. The van der Waals surface area contributed by atoms with Gasteiger partial charge in [-0.1, -0.05) is 12.1 Å². The zero-order valence-electron chi connectivity index (χ0n) is 11.8. The molecule has 0 aliphatic rings. The molecular formula is C16H16F2N2O. The molecule has 1 atom stereocenters. The van der Waals surface area contributed by atoms with Crippen molar-refractivity contribution in [1.29, 1.82) is 0 Å². The van der Waals surface area contributed by atoms with Crippen molar-refractivity contribution in [2.45, 2.75) is 19.4 Å². The lowest BCUT2D eigenvalue weighted by Crippen LogP contribution is -2.45. The van der Waals surface area contributed by atoms with Gasteiger partial charge in [0, 0.05) is 5.69 Å². The van der Waals surface area contributed by atoms with Gasteiger partial charge in [-0.05, 0) is 55.3 Å². The van der Waals surface area contributed by atoms with Crippen LogP contribution in [0.3, 0.4) is 0 Å². The smallest absolute Gasteiger partial charge is 0.247 e. The zero-order valence-corrected chi connectivity index (χ0v) is 11.8. The maximum absolute atomic E-state index is 13.7. The van der Waals surface area contributed by atoms with Gasteiger partial charge in [0.25, 0.3) is 0 Å². The average molecular weight is 290 g/mol. The highest BCUT2D eigenvalue weighted by atomic mass is 19.1. The lowest BCUT2D eigenvalue weighted by Gasteiger charge is -2.29. The third-order valence-corrected chi connectivity index (χ3v) is 3.48. The number of halogens is 2. The topological polar surface area (TPSA) is 55.1 Å². The van der Waals surface area contributed by atoms with Crippen molar-refractivity contribution in [3.63, 3.8) is 0 Å². The number of primary amides is 1. The van der Waals surface area contributed by atoms with Crippen LogP contribution >= 0.6 is 0 Å². The fraction of sp³-hybridized carbons (Fsp3) is 0.188. The number of carbonyl (C=O) groups is 1. The third kappa shape index (κ3) is 3.02. The van der Waals surface area contributed by atoms with E-state index >= 15 is 0 Å². The summed E-state index contributed by atoms with van der Waals surface area (Å²) in [6, 6.07) is 10.00. The molecule has 0 heterocycles. The summed E-state index contributed by atoms with van der Waals surface area (Å²) < 4.78 is 26.7. The van der Waals surface area contributed by atoms with Crippen LogP contribution in [0.1, 0.15) is 18.1 Å². The van der Waals surface area contributed by atoms with E-state index in [1.54, 1.807) is 26.0 Å². The van der Waals surface area contributed by atoms with E-state index in [1.165, 1.54) is 30.3 Å². The molecule has 1 amide bonds. The summed E-state index contributed by atoms with van der Waals surface area (Å²) in [6.45, 7) is 3.19. The summed E-state index contributed by atoms with van der Waals surface area (Å²) in [5.74, 6) is -1.46. The lowest BCUT2D eigenvalue weighted by atomic mass is 9.90. The van der Waals surface area contributed by atoms with Gasteiger partial charge in [-0.2, -0.15) is 0 Å². The molecule has 21 heavy (non-hydrogen) atoms. The van der Waals surface area contributed by atoms with Crippen molar-refractivity contribution in [3.8, 4) is 0 Å². The van der Waals surface area contributed by atoms with E-state index in [1.807, 2.05) is 0 Å². The van der Waals surface area contributed by atoms with Gasteiger partial charge >= 0.3 is 0 Å². The maximum atomic E-state index is 13.7. The Kier molecular flexibility index (Phi) is 3.93. The van der Waals surface area contributed by atoms with Gasteiger partial charge in [0.2, 0.25) is 5.91 Å². The standard InChI is InChI=1S/C16H16F2N2O/c1-10-3-4-11(9-14(10)18)16(2,15(19)21)20-13-7-5-12(17)6-8-13/h3-9,20H,1-2H3,(H2,19,21). The number of carbonyl (C=O) groups excluding carboxylic acids is 1. The van der Waals surface area contributed by atoms with Gasteiger partial charge in [0.1, 0.15) is 17.2 Å². The van der Waals surface area contributed by atoms with Crippen molar-refractivity contribution < 1.29 is 13.6 Å². The van der Waals surface area contributed by atoms with Crippen molar-refractivity contribution in [1.82, 2.24) is 0 Å². The predicted molar refractivity (Wildman–Crippen MR) is 77.7 cm³/mol. The molecule has 0 bridgehead atoms. The fourth-order valence-corrected chi connectivity index (χ4v) is 2.00. The quantitative estimate of drug-likeness (QED) is 0.909. The normalized spacial score (nSPS) is 13.5. The van der Waals surface area contributed by atoms with E-state index in [2.05, 4.69) is 5.32 Å². The molecule has 0 saturated heterocycles. The summed E-state index contributed by atoms with van der Waals surface area (Å²) in [4.78, 5) is 11.9. The van der Waals surface area contributed by atoms with Crippen LogP contribution in [0.2, 0.25) is 0 Å². The molecule has 0 saturated carbocycles. The van der Waals surface area contributed by atoms with Crippen molar-refractivity contribution in [2.24, 2.45) is 5.73 Å². The minimum atomic E-state index is -1.30. The summed E-state index contributed by atoms with van der Waals surface area (Å²) in [5, 5.41) is 2.94. The number of aryl methyl sites for hydroxylation is 1. The highest BCUT2D eigenvalue weighted by Crippen LogP contribution is 2.27. The van der Waals surface area contributed by atoms with Gasteiger partial charge < -0.3 is 11.1 Å². The highest BCUT2D eigenvalue weighted by Gasteiger charge is 2.33. The lowest BCUT2D eigenvalue weighted by molar-refractivity contribution is -0.122. The first-order valence-corrected chi connectivity index (χ1v) is 6.43. The van der Waals surface area contributed by atoms with Gasteiger partial charge in [-0.15, -0.1) is 0 Å². The zero-order chi connectivity index (χ0) is 15.6. The molecule has 3 N–H and O–H groups in total. The number of amides is 1. The van der Waals surface area contributed by atoms with Crippen LogP contribution in [0.5, 0.6) is 0 Å². The Balaban J connectivity index is 2.42.